The molecule has 0 aromatic heterocycles. The first-order valence-corrected chi connectivity index (χ1v) is 8.48. The molecular formula is C17H30N2O2. The molecule has 2 fully saturated rings. The summed E-state index contributed by atoms with van der Waals surface area (Å²) in [6, 6.07) is -0.0754. The van der Waals surface area contributed by atoms with E-state index in [2.05, 4.69) is 19.2 Å². The van der Waals surface area contributed by atoms with E-state index in [-0.39, 0.29) is 23.9 Å². The van der Waals surface area contributed by atoms with Crippen LogP contribution in [0.5, 0.6) is 0 Å². The van der Waals surface area contributed by atoms with Crippen LogP contribution in [0.4, 0.5) is 0 Å². The van der Waals surface area contributed by atoms with Crippen molar-refractivity contribution >= 4 is 11.8 Å². The van der Waals surface area contributed by atoms with E-state index in [0.29, 0.717) is 18.8 Å². The first kappa shape index (κ1) is 16.3. The van der Waals surface area contributed by atoms with Crippen molar-refractivity contribution in [1.82, 2.24) is 10.2 Å². The number of rotatable bonds is 3. The topological polar surface area (TPSA) is 49.4 Å². The predicted octanol–water partition coefficient (Wildman–Crippen LogP) is 2.72. The summed E-state index contributed by atoms with van der Waals surface area (Å²) in [5.41, 5.74) is -0.731. The average Bonchev–Trinajstić information content (AvgIpc) is 2.43. The molecule has 4 heteroatoms. The van der Waals surface area contributed by atoms with Gasteiger partial charge in [-0.2, -0.15) is 0 Å². The lowest BCUT2D eigenvalue weighted by Gasteiger charge is -2.50. The molecule has 1 aliphatic heterocycles. The van der Waals surface area contributed by atoms with Gasteiger partial charge in [-0.05, 0) is 50.9 Å². The van der Waals surface area contributed by atoms with Gasteiger partial charge in [0.05, 0.1) is 0 Å². The molecule has 1 saturated heterocycles. The second-order valence-corrected chi connectivity index (χ2v) is 7.27. The summed E-state index contributed by atoms with van der Waals surface area (Å²) >= 11 is 0. The number of hydrogen-bond acceptors (Lipinski definition) is 2. The van der Waals surface area contributed by atoms with Crippen LogP contribution in [-0.2, 0) is 9.59 Å². The number of hydrogen-bond donors (Lipinski definition) is 1. The van der Waals surface area contributed by atoms with E-state index < -0.39 is 5.54 Å². The van der Waals surface area contributed by atoms with Crippen LogP contribution in [0.3, 0.4) is 0 Å². The van der Waals surface area contributed by atoms with E-state index in [0.717, 1.165) is 25.2 Å². The highest BCUT2D eigenvalue weighted by Crippen LogP contribution is 2.36. The lowest BCUT2D eigenvalue weighted by atomic mass is 9.77. The molecule has 0 spiro atoms. The summed E-state index contributed by atoms with van der Waals surface area (Å²) in [6.45, 7) is 10.3. The maximum absolute atomic E-state index is 13.0. The van der Waals surface area contributed by atoms with Gasteiger partial charge in [-0.3, -0.25) is 9.59 Å². The molecule has 2 aliphatic rings. The van der Waals surface area contributed by atoms with Crippen molar-refractivity contribution in [2.75, 3.05) is 0 Å². The van der Waals surface area contributed by atoms with Crippen LogP contribution in [-0.4, -0.2) is 34.3 Å². The zero-order chi connectivity index (χ0) is 15.8. The fraction of sp³-hybridized carbons (Fsp3) is 0.882. The number of piperazine rings is 1. The normalized spacial score (nSPS) is 41.1. The number of nitrogens with zero attached hydrogens (tertiary/aromatic N) is 1. The summed E-state index contributed by atoms with van der Waals surface area (Å²) in [7, 11) is 0. The van der Waals surface area contributed by atoms with E-state index in [1.165, 1.54) is 0 Å². The first-order valence-electron chi connectivity index (χ1n) is 8.48. The molecule has 120 valence electrons. The molecule has 1 heterocycles. The number of nitrogens with one attached hydrogen (secondary N) is 1. The Morgan fingerprint density at radius 2 is 1.90 bits per heavy atom. The predicted molar refractivity (Wildman–Crippen MR) is 83.7 cm³/mol. The molecule has 0 aromatic rings. The monoisotopic (exact) mass is 294 g/mol. The van der Waals surface area contributed by atoms with Gasteiger partial charge >= 0.3 is 0 Å². The van der Waals surface area contributed by atoms with E-state index >= 15 is 0 Å². The van der Waals surface area contributed by atoms with Gasteiger partial charge in [0.25, 0.3) is 0 Å². The zero-order valence-corrected chi connectivity index (χ0v) is 14.1. The molecule has 5 atom stereocenters. The molecule has 1 saturated carbocycles. The third-order valence-corrected chi connectivity index (χ3v) is 5.58. The second-order valence-electron chi connectivity index (χ2n) is 7.27. The van der Waals surface area contributed by atoms with Crippen molar-refractivity contribution in [3.05, 3.63) is 0 Å². The van der Waals surface area contributed by atoms with Gasteiger partial charge in [-0.1, -0.05) is 27.7 Å². The van der Waals surface area contributed by atoms with Gasteiger partial charge in [0.2, 0.25) is 11.8 Å². The molecule has 0 bridgehead atoms. The molecule has 0 radical (unpaired) electrons. The van der Waals surface area contributed by atoms with Crippen LogP contribution in [0.25, 0.3) is 0 Å². The Morgan fingerprint density at radius 3 is 2.43 bits per heavy atom. The average molecular weight is 294 g/mol. The Bertz CT molecular complexity index is 423. The SMILES string of the molecule is CCC1C(=O)NC(C)(CC)C(=O)N1C1CCC(C)CC1C. The second kappa shape index (κ2) is 5.98. The molecule has 4 nitrogen and oxygen atoms in total. The summed E-state index contributed by atoms with van der Waals surface area (Å²) < 4.78 is 0. The van der Waals surface area contributed by atoms with Gasteiger partial charge in [0.1, 0.15) is 11.6 Å². The zero-order valence-electron chi connectivity index (χ0n) is 14.1. The van der Waals surface area contributed by atoms with E-state index in [1.807, 2.05) is 25.7 Å². The van der Waals surface area contributed by atoms with E-state index in [1.54, 1.807) is 0 Å². The standard InChI is InChI=1S/C17H30N2O2/c1-6-13-15(20)18-17(5,7-2)16(21)19(13)14-9-8-11(3)10-12(14)4/h11-14H,6-10H2,1-5H3,(H,18,20). The highest BCUT2D eigenvalue weighted by atomic mass is 16.2. The van der Waals surface area contributed by atoms with Crippen LogP contribution in [0, 0.1) is 11.8 Å². The number of amides is 2. The Kier molecular flexibility index (Phi) is 4.64. The summed E-state index contributed by atoms with van der Waals surface area (Å²) in [4.78, 5) is 27.4. The minimum absolute atomic E-state index is 0.0206. The fourth-order valence-electron chi connectivity index (χ4n) is 4.03. The van der Waals surface area contributed by atoms with Gasteiger partial charge < -0.3 is 10.2 Å². The molecule has 5 unspecified atom stereocenters. The van der Waals surface area contributed by atoms with Crippen LogP contribution < -0.4 is 5.32 Å². The van der Waals surface area contributed by atoms with Crippen molar-refractivity contribution in [2.24, 2.45) is 11.8 Å². The number of carbonyl (C=O) groups excluding carboxylic acids is 2. The Morgan fingerprint density at radius 1 is 1.24 bits per heavy atom. The van der Waals surface area contributed by atoms with Gasteiger partial charge in [-0.25, -0.2) is 0 Å². The maximum Gasteiger partial charge on any atom is 0.248 e. The first-order chi connectivity index (χ1) is 9.84. The van der Waals surface area contributed by atoms with Crippen molar-refractivity contribution in [3.63, 3.8) is 0 Å². The summed E-state index contributed by atoms with van der Waals surface area (Å²) in [5, 5.41) is 2.96. The van der Waals surface area contributed by atoms with E-state index in [9.17, 15) is 9.59 Å². The minimum Gasteiger partial charge on any atom is -0.340 e. The highest BCUT2D eigenvalue weighted by molar-refractivity contribution is 5.99. The fourth-order valence-corrected chi connectivity index (χ4v) is 4.03. The summed E-state index contributed by atoms with van der Waals surface area (Å²) in [5.74, 6) is 1.33. The van der Waals surface area contributed by atoms with Crippen LogP contribution in [0.2, 0.25) is 0 Å². The Labute approximate surface area is 128 Å². The van der Waals surface area contributed by atoms with Crippen LogP contribution in [0.1, 0.15) is 66.7 Å². The minimum atomic E-state index is -0.731. The van der Waals surface area contributed by atoms with Crippen molar-refractivity contribution < 1.29 is 9.59 Å². The molecule has 0 aromatic carbocycles. The quantitative estimate of drug-likeness (QED) is 0.870. The third-order valence-electron chi connectivity index (χ3n) is 5.58. The van der Waals surface area contributed by atoms with Crippen LogP contribution >= 0.6 is 0 Å². The molecular weight excluding hydrogens is 264 g/mol. The Balaban J connectivity index is 2.32. The smallest absolute Gasteiger partial charge is 0.248 e. The van der Waals surface area contributed by atoms with Gasteiger partial charge in [0, 0.05) is 6.04 Å². The van der Waals surface area contributed by atoms with Gasteiger partial charge in [0.15, 0.2) is 0 Å². The lowest BCUT2D eigenvalue weighted by Crippen LogP contribution is -2.71. The van der Waals surface area contributed by atoms with Crippen molar-refractivity contribution in [1.29, 1.82) is 0 Å². The third kappa shape index (κ3) is 2.82. The molecule has 1 aliphatic carbocycles. The van der Waals surface area contributed by atoms with Crippen molar-refractivity contribution in [2.45, 2.75) is 84.3 Å². The van der Waals surface area contributed by atoms with Gasteiger partial charge in [-0.15, -0.1) is 0 Å². The largest absolute Gasteiger partial charge is 0.340 e. The Hall–Kier alpha value is -1.06. The highest BCUT2D eigenvalue weighted by Gasteiger charge is 2.50. The lowest BCUT2D eigenvalue weighted by molar-refractivity contribution is -0.160. The van der Waals surface area contributed by atoms with Crippen LogP contribution in [0.15, 0.2) is 0 Å². The molecule has 2 amide bonds. The number of carbonyl (C=O) groups is 2. The van der Waals surface area contributed by atoms with Crippen molar-refractivity contribution in [3.8, 4) is 0 Å². The molecule has 1 N–H and O–H groups in total. The molecule has 2 rings (SSSR count). The maximum atomic E-state index is 13.0. The van der Waals surface area contributed by atoms with E-state index in [4.69, 9.17) is 0 Å². The molecule has 21 heavy (non-hydrogen) atoms. The summed E-state index contributed by atoms with van der Waals surface area (Å²) in [6.07, 6.45) is 4.66.